The van der Waals surface area contributed by atoms with Gasteiger partial charge in [0, 0.05) is 50.2 Å². The summed E-state index contributed by atoms with van der Waals surface area (Å²) in [7, 11) is 2.11. The van der Waals surface area contributed by atoms with Gasteiger partial charge in [0.15, 0.2) is 0 Å². The molecule has 0 spiro atoms. The second kappa shape index (κ2) is 9.47. The number of carbonyl (C=O) groups excluding carboxylic acids is 1. The highest BCUT2D eigenvalue weighted by Gasteiger charge is 2.17. The Morgan fingerprint density at radius 2 is 1.68 bits per heavy atom. The van der Waals surface area contributed by atoms with Crippen LogP contribution in [-0.2, 0) is 0 Å². The van der Waals surface area contributed by atoms with Crippen molar-refractivity contribution in [2.75, 3.05) is 48.8 Å². The number of likely N-dealkylation sites (N-methyl/N-ethyl adjacent to an activating group) is 1. The summed E-state index contributed by atoms with van der Waals surface area (Å²) in [5.41, 5.74) is 0.775. The van der Waals surface area contributed by atoms with E-state index in [9.17, 15) is 4.79 Å². The first-order chi connectivity index (χ1) is 15.0. The molecule has 2 N–H and O–H groups in total. The van der Waals surface area contributed by atoms with E-state index in [2.05, 4.69) is 42.4 Å². The minimum Gasteiger partial charge on any atom is -0.354 e. The zero-order chi connectivity index (χ0) is 21.8. The molecule has 0 radical (unpaired) electrons. The van der Waals surface area contributed by atoms with Gasteiger partial charge in [-0.3, -0.25) is 4.79 Å². The van der Waals surface area contributed by atoms with Gasteiger partial charge in [0.25, 0.3) is 5.91 Å². The molecule has 1 aliphatic rings. The Morgan fingerprint density at radius 1 is 0.968 bits per heavy atom. The Hall–Kier alpha value is -2.94. The molecule has 3 aromatic rings. The standard InChI is InChI=1S/C21H21Cl2N7O/c1-29-7-9-30(10-8-29)19-12-18(25-13-26-19)28-17-11-14(5-6-24-17)27-21(31)20-15(22)3-2-4-16(20)23/h2-6,11-13H,7-10H2,1H3,(H2,24,25,26,27,28,31). The van der Waals surface area contributed by atoms with Crippen LogP contribution in [0, 0.1) is 0 Å². The lowest BCUT2D eigenvalue weighted by Crippen LogP contribution is -2.44. The molecular formula is C21H21Cl2N7O. The summed E-state index contributed by atoms with van der Waals surface area (Å²) in [6.07, 6.45) is 3.12. The summed E-state index contributed by atoms with van der Waals surface area (Å²) in [4.78, 5) is 30.1. The smallest absolute Gasteiger partial charge is 0.258 e. The lowest BCUT2D eigenvalue weighted by atomic mass is 10.2. The summed E-state index contributed by atoms with van der Waals surface area (Å²) in [5.74, 6) is 1.62. The van der Waals surface area contributed by atoms with Gasteiger partial charge in [-0.1, -0.05) is 29.3 Å². The van der Waals surface area contributed by atoms with Gasteiger partial charge in [-0.25, -0.2) is 15.0 Å². The second-order valence-electron chi connectivity index (χ2n) is 7.16. The molecule has 1 amide bonds. The number of halogens is 2. The molecule has 160 valence electrons. The van der Waals surface area contributed by atoms with Crippen LogP contribution in [0.3, 0.4) is 0 Å². The van der Waals surface area contributed by atoms with Crippen molar-refractivity contribution in [3.63, 3.8) is 0 Å². The fourth-order valence-corrected chi connectivity index (χ4v) is 3.81. The number of nitrogens with zero attached hydrogens (tertiary/aromatic N) is 5. The van der Waals surface area contributed by atoms with Crippen molar-refractivity contribution in [1.82, 2.24) is 19.9 Å². The van der Waals surface area contributed by atoms with E-state index in [4.69, 9.17) is 23.2 Å². The van der Waals surface area contributed by atoms with E-state index in [-0.39, 0.29) is 15.6 Å². The molecule has 0 unspecified atom stereocenters. The van der Waals surface area contributed by atoms with Crippen LogP contribution >= 0.6 is 23.2 Å². The molecule has 0 aliphatic carbocycles. The topological polar surface area (TPSA) is 86.3 Å². The van der Waals surface area contributed by atoms with Crippen molar-refractivity contribution in [2.45, 2.75) is 0 Å². The Balaban J connectivity index is 1.47. The molecule has 0 saturated carbocycles. The third-order valence-corrected chi connectivity index (χ3v) is 5.57. The molecule has 0 atom stereocenters. The van der Waals surface area contributed by atoms with E-state index in [1.165, 1.54) is 6.33 Å². The first-order valence-electron chi connectivity index (χ1n) is 9.73. The van der Waals surface area contributed by atoms with Gasteiger partial charge in [0.1, 0.15) is 23.8 Å². The van der Waals surface area contributed by atoms with E-state index < -0.39 is 5.91 Å². The van der Waals surface area contributed by atoms with Crippen molar-refractivity contribution in [1.29, 1.82) is 0 Å². The fourth-order valence-electron chi connectivity index (χ4n) is 3.24. The molecule has 1 aliphatic heterocycles. The molecular weight excluding hydrogens is 437 g/mol. The van der Waals surface area contributed by atoms with Crippen molar-refractivity contribution >= 4 is 52.3 Å². The largest absolute Gasteiger partial charge is 0.354 e. The normalized spacial score (nSPS) is 14.4. The maximum Gasteiger partial charge on any atom is 0.258 e. The van der Waals surface area contributed by atoms with Gasteiger partial charge < -0.3 is 20.4 Å². The molecule has 8 nitrogen and oxygen atoms in total. The number of piperazine rings is 1. The van der Waals surface area contributed by atoms with Crippen LogP contribution in [0.1, 0.15) is 10.4 Å². The van der Waals surface area contributed by atoms with Gasteiger partial charge >= 0.3 is 0 Å². The molecule has 31 heavy (non-hydrogen) atoms. The summed E-state index contributed by atoms with van der Waals surface area (Å²) in [6, 6.07) is 10.2. The number of carbonyl (C=O) groups is 1. The average molecular weight is 458 g/mol. The number of anilines is 4. The van der Waals surface area contributed by atoms with E-state index in [1.807, 2.05) is 6.07 Å². The summed E-state index contributed by atoms with van der Waals surface area (Å²) in [6.45, 7) is 3.81. The van der Waals surface area contributed by atoms with E-state index in [1.54, 1.807) is 36.5 Å². The van der Waals surface area contributed by atoms with Crippen LogP contribution in [0.25, 0.3) is 0 Å². The molecule has 10 heteroatoms. The minimum absolute atomic E-state index is 0.227. The van der Waals surface area contributed by atoms with E-state index >= 15 is 0 Å². The number of hydrogen-bond donors (Lipinski definition) is 2. The maximum absolute atomic E-state index is 12.6. The lowest BCUT2D eigenvalue weighted by Gasteiger charge is -2.33. The van der Waals surface area contributed by atoms with Gasteiger partial charge in [0.05, 0.1) is 15.6 Å². The highest BCUT2D eigenvalue weighted by Crippen LogP contribution is 2.26. The summed E-state index contributed by atoms with van der Waals surface area (Å²) in [5, 5.41) is 6.54. The van der Waals surface area contributed by atoms with Crippen molar-refractivity contribution in [2.24, 2.45) is 0 Å². The number of rotatable bonds is 5. The van der Waals surface area contributed by atoms with Crippen LogP contribution in [0.15, 0.2) is 48.9 Å². The van der Waals surface area contributed by atoms with E-state index in [0.717, 1.165) is 32.0 Å². The predicted octanol–water partition coefficient (Wildman–Crippen LogP) is 3.93. The van der Waals surface area contributed by atoms with Crippen LogP contribution in [0.2, 0.25) is 10.0 Å². The predicted molar refractivity (Wildman–Crippen MR) is 124 cm³/mol. The number of hydrogen-bond acceptors (Lipinski definition) is 7. The summed E-state index contributed by atoms with van der Waals surface area (Å²) < 4.78 is 0. The molecule has 2 aromatic heterocycles. The molecule has 1 fully saturated rings. The fraction of sp³-hybridized carbons (Fsp3) is 0.238. The van der Waals surface area contributed by atoms with Crippen molar-refractivity contribution in [3.05, 3.63) is 64.5 Å². The van der Waals surface area contributed by atoms with Gasteiger partial charge in [-0.2, -0.15) is 0 Å². The van der Waals surface area contributed by atoms with Crippen LogP contribution in [0.4, 0.5) is 23.1 Å². The van der Waals surface area contributed by atoms with Crippen LogP contribution in [-0.4, -0.2) is 59.0 Å². The molecule has 1 saturated heterocycles. The molecule has 4 rings (SSSR count). The first kappa shape index (κ1) is 21.3. The zero-order valence-electron chi connectivity index (χ0n) is 16.8. The first-order valence-corrected chi connectivity index (χ1v) is 10.5. The maximum atomic E-state index is 12.6. The Labute approximate surface area is 190 Å². The van der Waals surface area contributed by atoms with E-state index in [0.29, 0.717) is 17.3 Å². The quantitative estimate of drug-likeness (QED) is 0.599. The third kappa shape index (κ3) is 5.22. The number of nitrogens with one attached hydrogen (secondary N) is 2. The number of aromatic nitrogens is 3. The molecule has 0 bridgehead atoms. The molecule has 1 aromatic carbocycles. The second-order valence-corrected chi connectivity index (χ2v) is 7.97. The zero-order valence-corrected chi connectivity index (χ0v) is 18.4. The van der Waals surface area contributed by atoms with Crippen LogP contribution < -0.4 is 15.5 Å². The van der Waals surface area contributed by atoms with Crippen LogP contribution in [0.5, 0.6) is 0 Å². The SMILES string of the molecule is CN1CCN(c2cc(Nc3cc(NC(=O)c4c(Cl)cccc4Cl)ccn3)ncn2)CC1. The summed E-state index contributed by atoms with van der Waals surface area (Å²) >= 11 is 12.3. The Kier molecular flexibility index (Phi) is 6.50. The Morgan fingerprint density at radius 3 is 2.42 bits per heavy atom. The monoisotopic (exact) mass is 457 g/mol. The van der Waals surface area contributed by atoms with Gasteiger partial charge in [0.2, 0.25) is 0 Å². The minimum atomic E-state index is -0.396. The highest BCUT2D eigenvalue weighted by atomic mass is 35.5. The average Bonchev–Trinajstić information content (AvgIpc) is 2.74. The van der Waals surface area contributed by atoms with Crippen molar-refractivity contribution in [3.8, 4) is 0 Å². The highest BCUT2D eigenvalue weighted by molar-refractivity contribution is 6.40. The number of pyridine rings is 1. The lowest BCUT2D eigenvalue weighted by molar-refractivity contribution is 0.102. The number of benzene rings is 1. The third-order valence-electron chi connectivity index (χ3n) is 4.94. The number of amides is 1. The van der Waals surface area contributed by atoms with Crippen molar-refractivity contribution < 1.29 is 4.79 Å². The van der Waals surface area contributed by atoms with Gasteiger partial charge in [-0.05, 0) is 25.2 Å². The van der Waals surface area contributed by atoms with Gasteiger partial charge in [-0.15, -0.1) is 0 Å². The Bertz CT molecular complexity index is 1070. The molecule has 3 heterocycles.